The maximum Gasteiger partial charge on any atom is 0.0417 e. The molecule has 2 rings (SSSR count). The summed E-state index contributed by atoms with van der Waals surface area (Å²) >= 11 is 7.86. The summed E-state index contributed by atoms with van der Waals surface area (Å²) in [5.74, 6) is 0.714. The van der Waals surface area contributed by atoms with E-state index in [1.807, 2.05) is 30.0 Å². The van der Waals surface area contributed by atoms with E-state index in [1.165, 1.54) is 17.7 Å². The lowest BCUT2D eigenvalue weighted by Gasteiger charge is -2.47. The minimum atomic E-state index is 0.255. The number of benzene rings is 1. The lowest BCUT2D eigenvalue weighted by molar-refractivity contribution is 0.245. The standard InChI is InChI=1S/C12H16ClNS/c1-9-5-6-12(9,8-14)15-11-4-2-3-10(13)7-11/h2-4,7,9H,5-6,8,14H2,1H3. The Morgan fingerprint density at radius 2 is 2.40 bits per heavy atom. The first-order valence-electron chi connectivity index (χ1n) is 5.31. The predicted octanol–water partition coefficient (Wildman–Crippen LogP) is 3.56. The van der Waals surface area contributed by atoms with Gasteiger partial charge >= 0.3 is 0 Å². The van der Waals surface area contributed by atoms with E-state index >= 15 is 0 Å². The smallest absolute Gasteiger partial charge is 0.0417 e. The fourth-order valence-corrected chi connectivity index (χ4v) is 3.70. The molecule has 1 fully saturated rings. The van der Waals surface area contributed by atoms with E-state index in [-0.39, 0.29) is 4.75 Å². The highest BCUT2D eigenvalue weighted by Crippen LogP contribution is 2.51. The van der Waals surface area contributed by atoms with E-state index in [0.29, 0.717) is 5.92 Å². The summed E-state index contributed by atoms with van der Waals surface area (Å²) in [6.07, 6.45) is 2.52. The molecular formula is C12H16ClNS. The molecule has 2 N–H and O–H groups in total. The summed E-state index contributed by atoms with van der Waals surface area (Å²) in [6, 6.07) is 8.04. The van der Waals surface area contributed by atoms with Crippen molar-refractivity contribution in [2.75, 3.05) is 6.54 Å². The quantitative estimate of drug-likeness (QED) is 0.876. The van der Waals surface area contributed by atoms with Crippen LogP contribution >= 0.6 is 23.4 Å². The monoisotopic (exact) mass is 241 g/mol. The molecule has 15 heavy (non-hydrogen) atoms. The zero-order valence-corrected chi connectivity index (χ0v) is 10.4. The van der Waals surface area contributed by atoms with Crippen molar-refractivity contribution in [3.8, 4) is 0 Å². The molecule has 2 atom stereocenters. The molecule has 0 heterocycles. The molecule has 0 saturated heterocycles. The lowest BCUT2D eigenvalue weighted by atomic mass is 9.74. The van der Waals surface area contributed by atoms with Gasteiger partial charge in [-0.25, -0.2) is 0 Å². The Morgan fingerprint density at radius 1 is 1.60 bits per heavy atom. The van der Waals surface area contributed by atoms with Crippen molar-refractivity contribution in [1.82, 2.24) is 0 Å². The molecule has 1 nitrogen and oxygen atoms in total. The van der Waals surface area contributed by atoms with Crippen LogP contribution in [0.4, 0.5) is 0 Å². The van der Waals surface area contributed by atoms with Gasteiger partial charge in [0.25, 0.3) is 0 Å². The van der Waals surface area contributed by atoms with Crippen molar-refractivity contribution in [3.05, 3.63) is 29.3 Å². The molecule has 1 aromatic carbocycles. The minimum Gasteiger partial charge on any atom is -0.329 e. The van der Waals surface area contributed by atoms with Gasteiger partial charge in [0, 0.05) is 21.2 Å². The Labute approximate surface area is 100 Å². The van der Waals surface area contributed by atoms with Gasteiger partial charge in [-0.2, -0.15) is 0 Å². The summed E-state index contributed by atoms with van der Waals surface area (Å²) in [7, 11) is 0. The number of hydrogen-bond acceptors (Lipinski definition) is 2. The first kappa shape index (κ1) is 11.3. The number of hydrogen-bond donors (Lipinski definition) is 1. The Morgan fingerprint density at radius 3 is 2.87 bits per heavy atom. The Bertz CT molecular complexity index is 351. The molecule has 0 aliphatic heterocycles. The SMILES string of the molecule is CC1CCC1(CN)Sc1cccc(Cl)c1. The van der Waals surface area contributed by atoms with Crippen molar-refractivity contribution < 1.29 is 0 Å². The van der Waals surface area contributed by atoms with Crippen molar-refractivity contribution in [1.29, 1.82) is 0 Å². The summed E-state index contributed by atoms with van der Waals surface area (Å²) in [4.78, 5) is 1.24. The zero-order chi connectivity index (χ0) is 10.9. The number of nitrogens with two attached hydrogens (primary N) is 1. The third kappa shape index (κ3) is 2.17. The van der Waals surface area contributed by atoms with Crippen LogP contribution in [0.25, 0.3) is 0 Å². The Balaban J connectivity index is 2.14. The fraction of sp³-hybridized carbons (Fsp3) is 0.500. The van der Waals surface area contributed by atoms with E-state index in [4.69, 9.17) is 17.3 Å². The van der Waals surface area contributed by atoms with Crippen LogP contribution < -0.4 is 5.73 Å². The normalized spacial score (nSPS) is 29.9. The zero-order valence-electron chi connectivity index (χ0n) is 8.87. The van der Waals surface area contributed by atoms with Gasteiger partial charge in [-0.1, -0.05) is 24.6 Å². The van der Waals surface area contributed by atoms with Crippen LogP contribution in [0.15, 0.2) is 29.2 Å². The van der Waals surface area contributed by atoms with Crippen LogP contribution in [0.3, 0.4) is 0 Å². The molecule has 0 spiro atoms. The second-order valence-corrected chi connectivity index (χ2v) is 6.19. The Kier molecular flexibility index (Phi) is 3.29. The van der Waals surface area contributed by atoms with Gasteiger partial charge in [0.2, 0.25) is 0 Å². The summed E-state index contributed by atoms with van der Waals surface area (Å²) in [5, 5.41) is 0.805. The van der Waals surface area contributed by atoms with E-state index in [2.05, 4.69) is 13.0 Å². The van der Waals surface area contributed by atoms with Gasteiger partial charge < -0.3 is 5.73 Å². The third-order valence-corrected chi connectivity index (χ3v) is 5.27. The number of rotatable bonds is 3. The molecule has 1 aliphatic carbocycles. The van der Waals surface area contributed by atoms with E-state index in [9.17, 15) is 0 Å². The van der Waals surface area contributed by atoms with Gasteiger partial charge in [-0.05, 0) is 37.0 Å². The number of thioether (sulfide) groups is 1. The van der Waals surface area contributed by atoms with E-state index < -0.39 is 0 Å². The van der Waals surface area contributed by atoms with E-state index in [1.54, 1.807) is 0 Å². The van der Waals surface area contributed by atoms with Gasteiger partial charge in [-0.3, -0.25) is 0 Å². The summed E-state index contributed by atoms with van der Waals surface area (Å²) in [6.45, 7) is 3.04. The van der Waals surface area contributed by atoms with Gasteiger partial charge in [0.05, 0.1) is 0 Å². The van der Waals surface area contributed by atoms with Crippen LogP contribution in [0.5, 0.6) is 0 Å². The first-order valence-corrected chi connectivity index (χ1v) is 6.50. The summed E-state index contributed by atoms with van der Waals surface area (Å²) in [5.41, 5.74) is 5.89. The predicted molar refractivity (Wildman–Crippen MR) is 67.5 cm³/mol. The fourth-order valence-electron chi connectivity index (χ4n) is 2.02. The highest BCUT2D eigenvalue weighted by atomic mass is 35.5. The summed E-state index contributed by atoms with van der Waals surface area (Å²) < 4.78 is 0.255. The second-order valence-electron chi connectivity index (χ2n) is 4.27. The second kappa shape index (κ2) is 4.36. The van der Waals surface area contributed by atoms with Crippen molar-refractivity contribution in [2.24, 2.45) is 11.7 Å². The molecule has 2 unspecified atom stereocenters. The molecular weight excluding hydrogens is 226 g/mol. The molecule has 1 saturated carbocycles. The molecule has 0 aromatic heterocycles. The highest BCUT2D eigenvalue weighted by molar-refractivity contribution is 8.00. The van der Waals surface area contributed by atoms with Crippen LogP contribution in [-0.2, 0) is 0 Å². The Hall–Kier alpha value is -0.180. The van der Waals surface area contributed by atoms with Crippen LogP contribution in [0, 0.1) is 5.92 Å². The topological polar surface area (TPSA) is 26.0 Å². The molecule has 3 heteroatoms. The highest BCUT2D eigenvalue weighted by Gasteiger charge is 2.43. The average Bonchev–Trinajstić information content (AvgIpc) is 2.24. The molecule has 1 aliphatic rings. The van der Waals surface area contributed by atoms with Crippen LogP contribution in [0.2, 0.25) is 5.02 Å². The average molecular weight is 242 g/mol. The van der Waals surface area contributed by atoms with Crippen LogP contribution in [-0.4, -0.2) is 11.3 Å². The van der Waals surface area contributed by atoms with Gasteiger partial charge in [0.1, 0.15) is 0 Å². The number of halogens is 1. The third-order valence-electron chi connectivity index (χ3n) is 3.36. The molecule has 0 amide bonds. The molecule has 1 aromatic rings. The lowest BCUT2D eigenvalue weighted by Crippen LogP contribution is -2.48. The largest absolute Gasteiger partial charge is 0.329 e. The van der Waals surface area contributed by atoms with Gasteiger partial charge in [-0.15, -0.1) is 11.8 Å². The van der Waals surface area contributed by atoms with Crippen molar-refractivity contribution >= 4 is 23.4 Å². The molecule has 82 valence electrons. The van der Waals surface area contributed by atoms with E-state index in [0.717, 1.165) is 11.6 Å². The van der Waals surface area contributed by atoms with Crippen molar-refractivity contribution in [2.45, 2.75) is 29.4 Å². The maximum atomic E-state index is 5.97. The molecule has 0 radical (unpaired) electrons. The minimum absolute atomic E-state index is 0.255. The molecule has 0 bridgehead atoms. The van der Waals surface area contributed by atoms with Crippen LogP contribution in [0.1, 0.15) is 19.8 Å². The first-order chi connectivity index (χ1) is 7.16. The van der Waals surface area contributed by atoms with Gasteiger partial charge in [0.15, 0.2) is 0 Å². The maximum absolute atomic E-state index is 5.97. The van der Waals surface area contributed by atoms with Crippen molar-refractivity contribution in [3.63, 3.8) is 0 Å².